The quantitative estimate of drug-likeness (QED) is 0.833. The van der Waals surface area contributed by atoms with E-state index in [4.69, 9.17) is 0 Å². The average molecular weight is 372 g/mol. The van der Waals surface area contributed by atoms with Crippen LogP contribution in [0.5, 0.6) is 0 Å². The highest BCUT2D eigenvalue weighted by molar-refractivity contribution is 7.11. The van der Waals surface area contributed by atoms with Crippen LogP contribution in [0, 0.1) is 0 Å². The van der Waals surface area contributed by atoms with Gasteiger partial charge in [0.15, 0.2) is 0 Å². The van der Waals surface area contributed by atoms with Crippen LogP contribution in [0.1, 0.15) is 18.2 Å². The topological polar surface area (TPSA) is 28.2 Å². The Kier molecular flexibility index (Phi) is 8.63. The van der Waals surface area contributed by atoms with Crippen molar-refractivity contribution in [2.24, 2.45) is 0 Å². The van der Waals surface area contributed by atoms with Gasteiger partial charge in [-0.05, 0) is 42.5 Å². The molecule has 23 heavy (non-hydrogen) atoms. The third-order valence-electron chi connectivity index (χ3n) is 3.72. The Hall–Kier alpha value is -1.07. The maximum atomic E-state index is 4.32. The lowest BCUT2D eigenvalue weighted by Gasteiger charge is -2.29. The molecule has 0 saturated heterocycles. The first-order valence-electron chi connectivity index (χ1n) is 7.44. The van der Waals surface area contributed by atoms with Gasteiger partial charge in [0.25, 0.3) is 0 Å². The Bertz CT molecular complexity index is 587. The first-order chi connectivity index (χ1) is 10.3. The molecule has 0 amide bonds. The van der Waals surface area contributed by atoms with Crippen molar-refractivity contribution in [1.29, 1.82) is 0 Å². The number of hydrogen-bond acceptors (Lipinski definition) is 4. The van der Waals surface area contributed by atoms with Crippen molar-refractivity contribution in [1.82, 2.24) is 9.88 Å². The van der Waals surface area contributed by atoms with E-state index in [1.165, 1.54) is 10.5 Å². The van der Waals surface area contributed by atoms with Gasteiger partial charge in [-0.25, -0.2) is 4.98 Å². The van der Waals surface area contributed by atoms with Gasteiger partial charge in [0.05, 0.1) is 0 Å². The van der Waals surface area contributed by atoms with E-state index in [1.807, 2.05) is 35.7 Å². The van der Waals surface area contributed by atoms with E-state index in [-0.39, 0.29) is 24.8 Å². The molecular weight excluding hydrogens is 349 g/mol. The summed E-state index contributed by atoms with van der Waals surface area (Å²) in [5.74, 6) is 0.955. The van der Waals surface area contributed by atoms with Crippen molar-refractivity contribution in [3.63, 3.8) is 0 Å². The maximum Gasteiger partial charge on any atom is 0.126 e. The molecule has 3 nitrogen and oxygen atoms in total. The van der Waals surface area contributed by atoms with Gasteiger partial charge < -0.3 is 5.32 Å². The fraction of sp³-hybridized carbons (Fsp3) is 0.353. The SMILES string of the molecule is CC(CN1CC=C(c2cccs2)CC1)Nc1ccccn1.Cl.Cl. The molecule has 0 spiro atoms. The number of hydrogen-bond donors (Lipinski definition) is 1. The third-order valence-corrected chi connectivity index (χ3v) is 4.67. The lowest BCUT2D eigenvalue weighted by Crippen LogP contribution is -2.37. The van der Waals surface area contributed by atoms with E-state index in [2.05, 4.69) is 45.7 Å². The minimum Gasteiger partial charge on any atom is -0.366 e. The second-order valence-electron chi connectivity index (χ2n) is 5.48. The molecule has 126 valence electrons. The van der Waals surface area contributed by atoms with Gasteiger partial charge in [-0.1, -0.05) is 18.2 Å². The standard InChI is InChI=1S/C17H21N3S.2ClH/c1-14(19-17-6-2-3-9-18-17)13-20-10-7-15(8-11-20)16-5-4-12-21-16;;/h2-7,9,12,14H,8,10-11,13H2,1H3,(H,18,19);2*1H. The molecular formula is C17H23Cl2N3S. The summed E-state index contributed by atoms with van der Waals surface area (Å²) in [7, 11) is 0. The molecule has 1 atom stereocenters. The van der Waals surface area contributed by atoms with Crippen LogP contribution in [0.15, 0.2) is 48.0 Å². The Morgan fingerprint density at radius 2 is 2.13 bits per heavy atom. The molecule has 1 unspecified atom stereocenters. The highest BCUT2D eigenvalue weighted by atomic mass is 35.5. The van der Waals surface area contributed by atoms with E-state index in [0.29, 0.717) is 6.04 Å². The predicted octanol–water partition coefficient (Wildman–Crippen LogP) is 4.58. The van der Waals surface area contributed by atoms with E-state index in [0.717, 1.165) is 31.9 Å². The van der Waals surface area contributed by atoms with E-state index in [1.54, 1.807) is 0 Å². The van der Waals surface area contributed by atoms with Crippen molar-refractivity contribution in [2.75, 3.05) is 25.0 Å². The van der Waals surface area contributed by atoms with Gasteiger partial charge in [0.1, 0.15) is 5.82 Å². The number of aromatic nitrogens is 1. The fourth-order valence-corrected chi connectivity index (χ4v) is 3.49. The van der Waals surface area contributed by atoms with Crippen LogP contribution in [0.3, 0.4) is 0 Å². The van der Waals surface area contributed by atoms with Crippen LogP contribution in [-0.2, 0) is 0 Å². The monoisotopic (exact) mass is 371 g/mol. The van der Waals surface area contributed by atoms with Gasteiger partial charge in [0.2, 0.25) is 0 Å². The fourth-order valence-electron chi connectivity index (χ4n) is 2.70. The molecule has 2 aromatic heterocycles. The molecule has 2 aromatic rings. The van der Waals surface area contributed by atoms with Crippen molar-refractivity contribution < 1.29 is 0 Å². The van der Waals surface area contributed by atoms with Gasteiger partial charge in [-0.15, -0.1) is 36.2 Å². The lowest BCUT2D eigenvalue weighted by molar-refractivity contribution is 0.293. The molecule has 3 heterocycles. The van der Waals surface area contributed by atoms with Crippen LogP contribution in [0.25, 0.3) is 5.57 Å². The molecule has 1 aliphatic heterocycles. The highest BCUT2D eigenvalue weighted by Gasteiger charge is 2.15. The number of pyridine rings is 1. The van der Waals surface area contributed by atoms with Crippen LogP contribution in [-0.4, -0.2) is 35.6 Å². The summed E-state index contributed by atoms with van der Waals surface area (Å²) in [6.07, 6.45) is 5.35. The first-order valence-corrected chi connectivity index (χ1v) is 8.32. The largest absolute Gasteiger partial charge is 0.366 e. The number of nitrogens with one attached hydrogen (secondary N) is 1. The van der Waals surface area contributed by atoms with Crippen molar-refractivity contribution in [3.8, 4) is 0 Å². The Balaban J connectivity index is 0.00000132. The molecule has 1 N–H and O–H groups in total. The molecule has 3 rings (SSSR count). The van der Waals surface area contributed by atoms with Gasteiger partial charge in [-0.3, -0.25) is 4.90 Å². The summed E-state index contributed by atoms with van der Waals surface area (Å²) in [5.41, 5.74) is 1.51. The summed E-state index contributed by atoms with van der Waals surface area (Å²) < 4.78 is 0. The zero-order chi connectivity index (χ0) is 14.5. The summed E-state index contributed by atoms with van der Waals surface area (Å²) >= 11 is 1.84. The Morgan fingerprint density at radius 1 is 1.26 bits per heavy atom. The van der Waals surface area contributed by atoms with Crippen LogP contribution in [0.4, 0.5) is 5.82 Å². The zero-order valence-corrected chi connectivity index (χ0v) is 15.6. The number of anilines is 1. The van der Waals surface area contributed by atoms with E-state index >= 15 is 0 Å². The summed E-state index contributed by atoms with van der Waals surface area (Å²) in [5, 5.41) is 5.61. The van der Waals surface area contributed by atoms with Crippen molar-refractivity contribution in [3.05, 3.63) is 52.9 Å². The number of rotatable bonds is 5. The molecule has 0 saturated carbocycles. The zero-order valence-electron chi connectivity index (χ0n) is 13.1. The average Bonchev–Trinajstić information content (AvgIpc) is 3.03. The summed E-state index contributed by atoms with van der Waals surface area (Å²) in [6.45, 7) is 5.44. The minimum atomic E-state index is 0. The van der Waals surface area contributed by atoms with Crippen molar-refractivity contribution in [2.45, 2.75) is 19.4 Å². The second kappa shape index (κ2) is 9.93. The number of halogens is 2. The summed E-state index contributed by atoms with van der Waals surface area (Å²) in [4.78, 5) is 8.24. The summed E-state index contributed by atoms with van der Waals surface area (Å²) in [6, 6.07) is 10.7. The highest BCUT2D eigenvalue weighted by Crippen LogP contribution is 2.26. The van der Waals surface area contributed by atoms with Crippen molar-refractivity contribution >= 4 is 47.5 Å². The van der Waals surface area contributed by atoms with E-state index < -0.39 is 0 Å². The second-order valence-corrected chi connectivity index (χ2v) is 6.42. The maximum absolute atomic E-state index is 4.32. The molecule has 6 heteroatoms. The molecule has 0 bridgehead atoms. The Labute approximate surface area is 154 Å². The normalized spacial score (nSPS) is 15.8. The van der Waals surface area contributed by atoms with Gasteiger partial charge >= 0.3 is 0 Å². The minimum absolute atomic E-state index is 0. The lowest BCUT2D eigenvalue weighted by atomic mass is 10.1. The van der Waals surface area contributed by atoms with Crippen LogP contribution in [0.2, 0.25) is 0 Å². The number of nitrogens with zero attached hydrogens (tertiary/aromatic N) is 2. The van der Waals surface area contributed by atoms with Gasteiger partial charge in [-0.2, -0.15) is 0 Å². The van der Waals surface area contributed by atoms with E-state index in [9.17, 15) is 0 Å². The Morgan fingerprint density at radius 3 is 2.74 bits per heavy atom. The number of thiophene rings is 1. The molecule has 1 aliphatic rings. The molecule has 0 aliphatic carbocycles. The van der Waals surface area contributed by atoms with Gasteiger partial charge in [0, 0.05) is 36.8 Å². The van der Waals surface area contributed by atoms with Crippen LogP contribution >= 0.6 is 36.2 Å². The molecule has 0 radical (unpaired) electrons. The van der Waals surface area contributed by atoms with Crippen LogP contribution < -0.4 is 5.32 Å². The smallest absolute Gasteiger partial charge is 0.126 e. The third kappa shape index (κ3) is 5.81. The first kappa shape index (κ1) is 20.0. The predicted molar refractivity (Wildman–Crippen MR) is 105 cm³/mol. The molecule has 0 aromatic carbocycles. The molecule has 0 fully saturated rings.